The second kappa shape index (κ2) is 7.21. The molecule has 0 spiro atoms. The Bertz CT molecular complexity index is 254. The van der Waals surface area contributed by atoms with E-state index in [1.54, 1.807) is 0 Å². The van der Waals surface area contributed by atoms with Crippen LogP contribution in [-0.2, 0) is 0 Å². The summed E-state index contributed by atoms with van der Waals surface area (Å²) >= 11 is 0. The van der Waals surface area contributed by atoms with E-state index in [0.29, 0.717) is 0 Å². The summed E-state index contributed by atoms with van der Waals surface area (Å²) in [4.78, 5) is 2.62. The number of allylic oxidation sites excluding steroid dienone is 1. The van der Waals surface area contributed by atoms with Gasteiger partial charge in [0.1, 0.15) is 0 Å². The molecule has 1 heterocycles. The van der Waals surface area contributed by atoms with E-state index in [4.69, 9.17) is 0 Å². The first kappa shape index (κ1) is 15.6. The summed E-state index contributed by atoms with van der Waals surface area (Å²) in [5.41, 5.74) is 1.36. The first-order valence-corrected chi connectivity index (χ1v) is 7.88. The summed E-state index contributed by atoms with van der Waals surface area (Å²) in [7, 11) is 0. The predicted molar refractivity (Wildman–Crippen MR) is 81.6 cm³/mol. The maximum atomic E-state index is 4.27. The molecule has 0 bridgehead atoms. The van der Waals surface area contributed by atoms with Gasteiger partial charge in [0, 0.05) is 18.3 Å². The normalized spacial score (nSPS) is 24.3. The molecule has 1 heteroatoms. The third-order valence-corrected chi connectivity index (χ3v) is 4.20. The van der Waals surface area contributed by atoms with Crippen LogP contribution in [0, 0.1) is 17.8 Å². The lowest BCUT2D eigenvalue weighted by molar-refractivity contribution is 0.282. The second-order valence-corrected chi connectivity index (χ2v) is 6.93. The molecule has 0 radical (unpaired) electrons. The summed E-state index contributed by atoms with van der Waals surface area (Å²) in [5.74, 6) is 2.55. The van der Waals surface area contributed by atoms with Gasteiger partial charge in [-0.1, -0.05) is 41.2 Å². The summed E-state index contributed by atoms with van der Waals surface area (Å²) in [6.45, 7) is 17.1. The van der Waals surface area contributed by atoms with Crippen LogP contribution >= 0.6 is 0 Å². The van der Waals surface area contributed by atoms with Crippen molar-refractivity contribution in [1.29, 1.82) is 0 Å². The third kappa shape index (κ3) is 4.66. The predicted octanol–water partition coefficient (Wildman–Crippen LogP) is 5.08. The molecule has 106 valence electrons. The average molecular weight is 251 g/mol. The van der Waals surface area contributed by atoms with E-state index in [-0.39, 0.29) is 0 Å². The first-order valence-electron chi connectivity index (χ1n) is 7.88. The van der Waals surface area contributed by atoms with Crippen molar-refractivity contribution in [3.63, 3.8) is 0 Å². The van der Waals surface area contributed by atoms with Gasteiger partial charge in [-0.05, 0) is 49.9 Å². The monoisotopic (exact) mass is 251 g/mol. The van der Waals surface area contributed by atoms with E-state index in [1.807, 2.05) is 0 Å². The summed E-state index contributed by atoms with van der Waals surface area (Å²) < 4.78 is 0. The minimum atomic E-state index is 0.767. The maximum absolute atomic E-state index is 4.27. The standard InChI is InChI=1S/C17H33N/c1-7-15(6)18-12-16(10-14(4)5)11-17(18)9-8-13(2)3/h13-14,16-17H,6-12H2,1-5H3. The maximum Gasteiger partial charge on any atom is 0.0290 e. The molecule has 0 saturated carbocycles. The minimum absolute atomic E-state index is 0.767. The van der Waals surface area contributed by atoms with E-state index in [0.717, 1.165) is 30.2 Å². The molecule has 2 unspecified atom stereocenters. The molecule has 0 N–H and O–H groups in total. The van der Waals surface area contributed by atoms with Crippen molar-refractivity contribution >= 4 is 0 Å². The quantitative estimate of drug-likeness (QED) is 0.609. The average Bonchev–Trinajstić information content (AvgIpc) is 2.67. The molecular weight excluding hydrogens is 218 g/mol. The van der Waals surface area contributed by atoms with Crippen molar-refractivity contribution in [1.82, 2.24) is 4.90 Å². The zero-order chi connectivity index (χ0) is 13.7. The minimum Gasteiger partial charge on any atom is -0.372 e. The van der Waals surface area contributed by atoms with Crippen LogP contribution in [0.15, 0.2) is 12.3 Å². The fraction of sp³-hybridized carbons (Fsp3) is 0.882. The number of hydrogen-bond donors (Lipinski definition) is 0. The molecule has 1 nitrogen and oxygen atoms in total. The molecular formula is C17H33N. The fourth-order valence-electron chi connectivity index (χ4n) is 3.24. The van der Waals surface area contributed by atoms with Crippen molar-refractivity contribution in [3.05, 3.63) is 12.3 Å². The van der Waals surface area contributed by atoms with Crippen molar-refractivity contribution in [2.75, 3.05) is 6.54 Å². The highest BCUT2D eigenvalue weighted by molar-refractivity contribution is 5.01. The van der Waals surface area contributed by atoms with Crippen molar-refractivity contribution < 1.29 is 0 Å². The molecule has 1 aliphatic heterocycles. The lowest BCUT2D eigenvalue weighted by Crippen LogP contribution is -2.28. The van der Waals surface area contributed by atoms with Crippen LogP contribution < -0.4 is 0 Å². The number of rotatable bonds is 7. The first-order chi connectivity index (χ1) is 8.43. The zero-order valence-electron chi connectivity index (χ0n) is 13.2. The third-order valence-electron chi connectivity index (χ3n) is 4.20. The van der Waals surface area contributed by atoms with Gasteiger partial charge in [-0.15, -0.1) is 0 Å². The van der Waals surface area contributed by atoms with E-state index in [1.165, 1.54) is 37.9 Å². The Hall–Kier alpha value is -0.460. The Balaban J connectivity index is 2.57. The lowest BCUT2D eigenvalue weighted by Gasteiger charge is -2.28. The smallest absolute Gasteiger partial charge is 0.0290 e. The lowest BCUT2D eigenvalue weighted by atomic mass is 9.93. The Labute approximate surface area is 115 Å². The summed E-state index contributed by atoms with van der Waals surface area (Å²) in [6, 6.07) is 0.767. The van der Waals surface area contributed by atoms with Crippen molar-refractivity contribution in [2.45, 2.75) is 72.8 Å². The molecule has 0 aromatic carbocycles. The Morgan fingerprint density at radius 3 is 2.39 bits per heavy atom. The van der Waals surface area contributed by atoms with Crippen LogP contribution in [0.3, 0.4) is 0 Å². The molecule has 18 heavy (non-hydrogen) atoms. The van der Waals surface area contributed by atoms with Gasteiger partial charge in [0.05, 0.1) is 0 Å². The largest absolute Gasteiger partial charge is 0.372 e. The molecule has 0 aliphatic carbocycles. The SMILES string of the molecule is C=C(CC)N1CC(CC(C)C)CC1CCC(C)C. The van der Waals surface area contributed by atoms with Gasteiger partial charge in [-0.25, -0.2) is 0 Å². The molecule has 1 rings (SSSR count). The number of likely N-dealkylation sites (tertiary alicyclic amines) is 1. The fourth-order valence-corrected chi connectivity index (χ4v) is 3.24. The van der Waals surface area contributed by atoms with Crippen molar-refractivity contribution in [3.8, 4) is 0 Å². The molecule has 1 aliphatic rings. The molecule has 0 amide bonds. The highest BCUT2D eigenvalue weighted by atomic mass is 15.2. The summed E-state index contributed by atoms with van der Waals surface area (Å²) in [6.07, 6.45) is 6.58. The van der Waals surface area contributed by atoms with Gasteiger partial charge in [-0.2, -0.15) is 0 Å². The molecule has 1 saturated heterocycles. The van der Waals surface area contributed by atoms with Crippen molar-refractivity contribution in [2.24, 2.45) is 17.8 Å². The Kier molecular flexibility index (Phi) is 6.25. The van der Waals surface area contributed by atoms with Gasteiger partial charge in [-0.3, -0.25) is 0 Å². The van der Waals surface area contributed by atoms with Gasteiger partial charge >= 0.3 is 0 Å². The van der Waals surface area contributed by atoms with E-state index >= 15 is 0 Å². The van der Waals surface area contributed by atoms with Crippen LogP contribution in [0.4, 0.5) is 0 Å². The highest BCUT2D eigenvalue weighted by Gasteiger charge is 2.32. The Morgan fingerprint density at radius 2 is 1.89 bits per heavy atom. The van der Waals surface area contributed by atoms with Gasteiger partial charge in [0.2, 0.25) is 0 Å². The Morgan fingerprint density at radius 1 is 1.22 bits per heavy atom. The van der Waals surface area contributed by atoms with Gasteiger partial charge in [0.15, 0.2) is 0 Å². The van der Waals surface area contributed by atoms with Crippen LogP contribution in [0.2, 0.25) is 0 Å². The van der Waals surface area contributed by atoms with E-state index in [9.17, 15) is 0 Å². The molecule has 0 aromatic heterocycles. The van der Waals surface area contributed by atoms with Crippen LogP contribution in [0.5, 0.6) is 0 Å². The zero-order valence-corrected chi connectivity index (χ0v) is 13.2. The van der Waals surface area contributed by atoms with E-state index in [2.05, 4.69) is 46.1 Å². The topological polar surface area (TPSA) is 3.24 Å². The van der Waals surface area contributed by atoms with E-state index < -0.39 is 0 Å². The highest BCUT2D eigenvalue weighted by Crippen LogP contribution is 2.34. The van der Waals surface area contributed by atoms with Crippen LogP contribution in [0.25, 0.3) is 0 Å². The number of hydrogen-bond acceptors (Lipinski definition) is 1. The van der Waals surface area contributed by atoms with Crippen LogP contribution in [0.1, 0.15) is 66.7 Å². The molecule has 1 fully saturated rings. The molecule has 2 atom stereocenters. The summed E-state index contributed by atoms with van der Waals surface area (Å²) in [5, 5.41) is 0. The molecule has 0 aromatic rings. The van der Waals surface area contributed by atoms with Gasteiger partial charge in [0.25, 0.3) is 0 Å². The number of nitrogens with zero attached hydrogens (tertiary/aromatic N) is 1. The van der Waals surface area contributed by atoms with Gasteiger partial charge < -0.3 is 4.90 Å². The van der Waals surface area contributed by atoms with Crippen LogP contribution in [-0.4, -0.2) is 17.5 Å². The second-order valence-electron chi connectivity index (χ2n) is 6.93.